The molecule has 164 valence electrons. The summed E-state index contributed by atoms with van der Waals surface area (Å²) in [6, 6.07) is 7.36. The summed E-state index contributed by atoms with van der Waals surface area (Å²) < 4.78 is 21.2. The van der Waals surface area contributed by atoms with Crippen LogP contribution in [-0.4, -0.2) is 32.8 Å². The number of fused-ring (bicyclic) bond motifs is 1. The van der Waals surface area contributed by atoms with Crippen LogP contribution in [0.1, 0.15) is 46.5 Å². The third kappa shape index (κ3) is 4.90. The maximum absolute atomic E-state index is 12.9. The van der Waals surface area contributed by atoms with Crippen LogP contribution in [0.3, 0.4) is 0 Å². The number of rotatable bonds is 6. The van der Waals surface area contributed by atoms with Crippen LogP contribution >= 0.6 is 0 Å². The smallest absolute Gasteiger partial charge is 0.493 e. The van der Waals surface area contributed by atoms with E-state index >= 15 is 0 Å². The molecule has 0 saturated carbocycles. The number of ketones is 1. The largest absolute Gasteiger partial charge is 0.513 e. The van der Waals surface area contributed by atoms with E-state index in [2.05, 4.69) is 0 Å². The lowest BCUT2D eigenvalue weighted by Gasteiger charge is -2.13. The molecule has 3 rings (SSSR count). The monoisotopic (exact) mass is 424 g/mol. The van der Waals surface area contributed by atoms with Gasteiger partial charge >= 0.3 is 6.16 Å². The maximum atomic E-state index is 12.9. The van der Waals surface area contributed by atoms with E-state index in [0.29, 0.717) is 41.4 Å². The van der Waals surface area contributed by atoms with Gasteiger partial charge in [-0.05, 0) is 72.4 Å². The number of ether oxygens (including phenoxy) is 4. The van der Waals surface area contributed by atoms with E-state index in [9.17, 15) is 9.59 Å². The molecule has 1 aliphatic rings. The molecule has 0 atom stereocenters. The van der Waals surface area contributed by atoms with Crippen molar-refractivity contribution in [2.45, 2.75) is 34.1 Å². The maximum Gasteiger partial charge on any atom is 0.513 e. The van der Waals surface area contributed by atoms with E-state index in [1.165, 1.54) is 0 Å². The molecular weight excluding hydrogens is 396 g/mol. The summed E-state index contributed by atoms with van der Waals surface area (Å²) in [7, 11) is 3.12. The van der Waals surface area contributed by atoms with Crippen molar-refractivity contribution in [2.24, 2.45) is 5.92 Å². The van der Waals surface area contributed by atoms with Gasteiger partial charge in [0.05, 0.1) is 20.8 Å². The molecule has 0 aliphatic heterocycles. The lowest BCUT2D eigenvalue weighted by Crippen LogP contribution is -2.15. The Morgan fingerprint density at radius 1 is 1.03 bits per heavy atom. The lowest BCUT2D eigenvalue weighted by atomic mass is 10.0. The zero-order chi connectivity index (χ0) is 22.7. The molecule has 6 nitrogen and oxygen atoms in total. The number of Topliss-reactive ketones (excluding diaryl/α,β-unsaturated/α-hetero) is 1. The van der Waals surface area contributed by atoms with Gasteiger partial charge < -0.3 is 18.9 Å². The molecule has 6 heteroatoms. The van der Waals surface area contributed by atoms with Crippen molar-refractivity contribution in [1.29, 1.82) is 0 Å². The SMILES string of the molecule is COc1cc2c(cc1OC)C(=O)/C(=C/c1cc(C)c(OC(=O)OCC(C)C)c(C)c1)C2. The van der Waals surface area contributed by atoms with Gasteiger partial charge in [-0.2, -0.15) is 0 Å². The first-order valence-corrected chi connectivity index (χ1v) is 10.2. The van der Waals surface area contributed by atoms with Crippen LogP contribution in [0.2, 0.25) is 0 Å². The second-order valence-electron chi connectivity index (χ2n) is 8.08. The molecule has 2 aromatic carbocycles. The standard InChI is InChI=1S/C25H28O6/c1-14(2)13-30-25(27)31-24-15(3)7-17(8-16(24)4)9-19-10-18-11-21(28-5)22(29-6)12-20(18)23(19)26/h7-9,11-12,14H,10,13H2,1-6H3/b19-9+. The number of carbonyl (C=O) groups is 2. The summed E-state index contributed by atoms with van der Waals surface area (Å²) >= 11 is 0. The fourth-order valence-electron chi connectivity index (χ4n) is 3.63. The van der Waals surface area contributed by atoms with Crippen molar-refractivity contribution in [2.75, 3.05) is 20.8 Å². The number of aryl methyl sites for hydroxylation is 2. The molecule has 0 radical (unpaired) electrons. The van der Waals surface area contributed by atoms with E-state index in [0.717, 1.165) is 22.3 Å². The fourth-order valence-corrected chi connectivity index (χ4v) is 3.63. The molecule has 0 spiro atoms. The summed E-state index contributed by atoms with van der Waals surface area (Å²) in [6.07, 6.45) is 1.68. The van der Waals surface area contributed by atoms with Gasteiger partial charge in [0.15, 0.2) is 17.3 Å². The van der Waals surface area contributed by atoms with Gasteiger partial charge in [-0.3, -0.25) is 4.79 Å². The molecule has 2 aromatic rings. The van der Waals surface area contributed by atoms with Crippen molar-refractivity contribution in [3.05, 3.63) is 57.7 Å². The Kier molecular flexibility index (Phi) is 6.68. The Hall–Kier alpha value is -3.28. The Balaban J connectivity index is 1.84. The molecule has 1 aliphatic carbocycles. The minimum absolute atomic E-state index is 0.0242. The van der Waals surface area contributed by atoms with Gasteiger partial charge in [0.25, 0.3) is 0 Å². The van der Waals surface area contributed by atoms with Crippen LogP contribution in [0, 0.1) is 19.8 Å². The fraction of sp³-hybridized carbons (Fsp3) is 0.360. The average molecular weight is 424 g/mol. The van der Waals surface area contributed by atoms with Crippen LogP contribution in [0.25, 0.3) is 6.08 Å². The third-order valence-electron chi connectivity index (χ3n) is 5.07. The number of benzene rings is 2. The normalized spacial score (nSPS) is 14.0. The molecule has 0 amide bonds. The van der Waals surface area contributed by atoms with Crippen LogP contribution in [0.4, 0.5) is 4.79 Å². The first kappa shape index (κ1) is 22.4. The minimum Gasteiger partial charge on any atom is -0.493 e. The molecule has 0 aromatic heterocycles. The third-order valence-corrected chi connectivity index (χ3v) is 5.07. The van der Waals surface area contributed by atoms with Crippen LogP contribution in [-0.2, 0) is 11.2 Å². The summed E-state index contributed by atoms with van der Waals surface area (Å²) in [6.45, 7) is 7.95. The number of hydrogen-bond acceptors (Lipinski definition) is 6. The van der Waals surface area contributed by atoms with E-state index in [1.807, 2.05) is 52.0 Å². The molecule has 0 saturated heterocycles. The number of methoxy groups -OCH3 is 2. The predicted octanol–water partition coefficient (Wildman–Crippen LogP) is 5.31. The van der Waals surface area contributed by atoms with Gasteiger partial charge in [-0.15, -0.1) is 0 Å². The highest BCUT2D eigenvalue weighted by Crippen LogP contribution is 2.37. The van der Waals surface area contributed by atoms with Crippen molar-refractivity contribution < 1.29 is 28.5 Å². The molecule has 0 N–H and O–H groups in total. The van der Waals surface area contributed by atoms with Gasteiger partial charge in [-0.1, -0.05) is 13.8 Å². The van der Waals surface area contributed by atoms with Crippen LogP contribution in [0.15, 0.2) is 29.8 Å². The lowest BCUT2D eigenvalue weighted by molar-refractivity contribution is 0.0880. The second kappa shape index (κ2) is 9.25. The summed E-state index contributed by atoms with van der Waals surface area (Å²) in [5.74, 6) is 1.83. The Bertz CT molecular complexity index is 1030. The van der Waals surface area contributed by atoms with Gasteiger partial charge in [0.2, 0.25) is 0 Å². The summed E-state index contributed by atoms with van der Waals surface area (Å²) in [4.78, 5) is 24.9. The van der Waals surface area contributed by atoms with Gasteiger partial charge in [0, 0.05) is 17.6 Å². The number of carbonyl (C=O) groups excluding carboxylic acids is 2. The predicted molar refractivity (Wildman–Crippen MR) is 118 cm³/mol. The number of allylic oxidation sites excluding steroid dienone is 1. The van der Waals surface area contributed by atoms with Gasteiger partial charge in [0.1, 0.15) is 5.75 Å². The van der Waals surface area contributed by atoms with E-state index in [-0.39, 0.29) is 11.7 Å². The highest BCUT2D eigenvalue weighted by molar-refractivity contribution is 6.16. The highest BCUT2D eigenvalue weighted by Gasteiger charge is 2.27. The summed E-state index contributed by atoms with van der Waals surface area (Å²) in [5, 5.41) is 0. The molecule has 0 fully saturated rings. The zero-order valence-electron chi connectivity index (χ0n) is 18.8. The van der Waals surface area contributed by atoms with Crippen molar-refractivity contribution in [1.82, 2.24) is 0 Å². The minimum atomic E-state index is -0.713. The van der Waals surface area contributed by atoms with E-state index in [4.69, 9.17) is 18.9 Å². The highest BCUT2D eigenvalue weighted by atomic mass is 16.7. The zero-order valence-corrected chi connectivity index (χ0v) is 18.8. The van der Waals surface area contributed by atoms with E-state index < -0.39 is 6.16 Å². The molecule has 0 heterocycles. The van der Waals surface area contributed by atoms with Crippen molar-refractivity contribution >= 4 is 18.0 Å². The van der Waals surface area contributed by atoms with Crippen LogP contribution < -0.4 is 14.2 Å². The van der Waals surface area contributed by atoms with Crippen LogP contribution in [0.5, 0.6) is 17.2 Å². The molecule has 0 unspecified atom stereocenters. The Morgan fingerprint density at radius 3 is 2.23 bits per heavy atom. The summed E-state index contributed by atoms with van der Waals surface area (Å²) in [5.41, 5.74) is 4.68. The Labute approximate surface area is 182 Å². The Morgan fingerprint density at radius 2 is 1.65 bits per heavy atom. The second-order valence-corrected chi connectivity index (χ2v) is 8.08. The topological polar surface area (TPSA) is 71.1 Å². The van der Waals surface area contributed by atoms with Crippen molar-refractivity contribution in [3.63, 3.8) is 0 Å². The van der Waals surface area contributed by atoms with E-state index in [1.54, 1.807) is 20.3 Å². The molecule has 0 bridgehead atoms. The van der Waals surface area contributed by atoms with Crippen molar-refractivity contribution in [3.8, 4) is 17.2 Å². The van der Waals surface area contributed by atoms with Gasteiger partial charge in [-0.25, -0.2) is 4.79 Å². The average Bonchev–Trinajstić information content (AvgIpc) is 3.02. The first-order chi connectivity index (χ1) is 14.7. The first-order valence-electron chi connectivity index (χ1n) is 10.2. The molecular formula is C25H28O6. The quantitative estimate of drug-likeness (QED) is 0.355. The number of hydrogen-bond donors (Lipinski definition) is 0. The molecule has 31 heavy (non-hydrogen) atoms.